The van der Waals surface area contributed by atoms with Gasteiger partial charge in [0.1, 0.15) is 17.9 Å². The normalized spacial score (nSPS) is 20.7. The lowest BCUT2D eigenvalue weighted by Gasteiger charge is -2.19. The first-order valence-electron chi connectivity index (χ1n) is 12.6. The number of ether oxygens (including phenoxy) is 1. The number of nitrogens with one attached hydrogen (secondary N) is 1. The number of aromatic nitrogens is 2. The standard InChI is InChI=1S/C26H31N5O6S2/c1-15-17(12-31-6-5-16-3-4-20(36-2)10-22(16)31)8-24(38-15)25(33)21-11-28-14-29-26(21)30-19-7-18(23(32)9-19)13-37-39(27,34)35/h3-4,8,10-11,14,18-19,23,32H,5-7,9,12-13H2,1-2H3,(H2,27,34,35)(H,28,29,30)/t18-,19-,23+/m1/s1. The number of fused-ring (bicyclic) bond motifs is 1. The quantitative estimate of drug-likeness (QED) is 0.308. The Morgan fingerprint density at radius 1 is 1.31 bits per heavy atom. The van der Waals surface area contributed by atoms with Crippen molar-refractivity contribution in [2.45, 2.75) is 44.9 Å². The number of aliphatic hydroxyl groups is 1. The van der Waals surface area contributed by atoms with Crippen LogP contribution in [0.25, 0.3) is 0 Å². The van der Waals surface area contributed by atoms with E-state index < -0.39 is 22.3 Å². The van der Waals surface area contributed by atoms with E-state index >= 15 is 0 Å². The summed E-state index contributed by atoms with van der Waals surface area (Å²) in [6.07, 6.45) is 3.82. The summed E-state index contributed by atoms with van der Waals surface area (Å²) in [6, 6.07) is 7.85. The zero-order chi connectivity index (χ0) is 27.7. The van der Waals surface area contributed by atoms with Gasteiger partial charge < -0.3 is 20.1 Å². The van der Waals surface area contributed by atoms with Gasteiger partial charge in [-0.3, -0.25) is 8.98 Å². The second-order valence-electron chi connectivity index (χ2n) is 9.89. The zero-order valence-electron chi connectivity index (χ0n) is 21.7. The number of ketones is 1. The molecule has 4 N–H and O–H groups in total. The molecule has 1 fully saturated rings. The molecule has 0 spiro atoms. The van der Waals surface area contributed by atoms with E-state index in [1.807, 2.05) is 19.1 Å². The fraction of sp³-hybridized carbons (Fsp3) is 0.423. The van der Waals surface area contributed by atoms with Crippen molar-refractivity contribution < 1.29 is 27.2 Å². The van der Waals surface area contributed by atoms with Gasteiger partial charge in [-0.25, -0.2) is 15.1 Å². The van der Waals surface area contributed by atoms with E-state index in [1.54, 1.807) is 7.11 Å². The average Bonchev–Trinajstić information content (AvgIpc) is 3.59. The molecule has 1 aromatic carbocycles. The van der Waals surface area contributed by atoms with Gasteiger partial charge in [0.15, 0.2) is 0 Å². The highest BCUT2D eigenvalue weighted by molar-refractivity contribution is 7.84. The first-order chi connectivity index (χ1) is 18.6. The number of hydrogen-bond acceptors (Lipinski definition) is 11. The molecule has 1 saturated carbocycles. The summed E-state index contributed by atoms with van der Waals surface area (Å²) in [4.78, 5) is 25.9. The van der Waals surface area contributed by atoms with E-state index in [1.165, 1.54) is 29.4 Å². The Hall–Kier alpha value is -3.10. The molecule has 2 aromatic heterocycles. The van der Waals surface area contributed by atoms with Crippen LogP contribution >= 0.6 is 11.3 Å². The van der Waals surface area contributed by atoms with Gasteiger partial charge in [0.05, 0.1) is 30.3 Å². The van der Waals surface area contributed by atoms with Crippen LogP contribution in [0.2, 0.25) is 0 Å². The minimum absolute atomic E-state index is 0.186. The number of hydrogen-bond donors (Lipinski definition) is 3. The number of benzene rings is 1. The van der Waals surface area contributed by atoms with Crippen molar-refractivity contribution in [3.05, 3.63) is 63.2 Å². The molecule has 0 saturated heterocycles. The van der Waals surface area contributed by atoms with Gasteiger partial charge in [-0.2, -0.15) is 8.42 Å². The molecule has 1 aliphatic carbocycles. The molecule has 3 heterocycles. The van der Waals surface area contributed by atoms with Crippen LogP contribution in [-0.2, 0) is 27.5 Å². The summed E-state index contributed by atoms with van der Waals surface area (Å²) < 4.78 is 32.3. The van der Waals surface area contributed by atoms with E-state index in [0.717, 1.165) is 34.8 Å². The lowest BCUT2D eigenvalue weighted by Crippen LogP contribution is -2.24. The Labute approximate surface area is 231 Å². The lowest BCUT2D eigenvalue weighted by atomic mass is 10.1. The van der Waals surface area contributed by atoms with Crippen LogP contribution in [0.5, 0.6) is 5.75 Å². The van der Waals surface area contributed by atoms with Gasteiger partial charge in [-0.05, 0) is 49.4 Å². The van der Waals surface area contributed by atoms with Crippen molar-refractivity contribution in [3.63, 3.8) is 0 Å². The average molecular weight is 574 g/mol. The Kier molecular flexibility index (Phi) is 7.87. The van der Waals surface area contributed by atoms with Crippen molar-refractivity contribution in [1.29, 1.82) is 0 Å². The molecule has 3 atom stereocenters. The van der Waals surface area contributed by atoms with Gasteiger partial charge in [-0.15, -0.1) is 11.3 Å². The number of anilines is 2. The summed E-state index contributed by atoms with van der Waals surface area (Å²) in [5.74, 6) is 0.586. The number of rotatable bonds is 10. The number of nitrogens with zero attached hydrogens (tertiary/aromatic N) is 3. The summed E-state index contributed by atoms with van der Waals surface area (Å²) in [7, 11) is -2.43. The fourth-order valence-electron chi connectivity index (χ4n) is 5.23. The van der Waals surface area contributed by atoms with Crippen LogP contribution in [0.3, 0.4) is 0 Å². The first-order valence-corrected chi connectivity index (χ1v) is 14.9. The number of methoxy groups -OCH3 is 1. The number of carbonyl (C=O) groups is 1. The number of carbonyl (C=O) groups excluding carboxylic acids is 1. The van der Waals surface area contributed by atoms with Crippen LogP contribution in [-0.4, -0.2) is 61.7 Å². The third kappa shape index (κ3) is 6.23. The Bertz CT molecular complexity index is 1480. The zero-order valence-corrected chi connectivity index (χ0v) is 23.3. The van der Waals surface area contributed by atoms with Crippen LogP contribution in [0.1, 0.15) is 44.1 Å². The molecule has 39 heavy (non-hydrogen) atoms. The second kappa shape index (κ2) is 11.2. The maximum atomic E-state index is 13.6. The molecular formula is C26H31N5O6S2. The highest BCUT2D eigenvalue weighted by Gasteiger charge is 2.35. The molecule has 0 amide bonds. The van der Waals surface area contributed by atoms with Gasteiger partial charge in [0.2, 0.25) is 5.78 Å². The Morgan fingerprint density at radius 2 is 2.13 bits per heavy atom. The summed E-state index contributed by atoms with van der Waals surface area (Å²) in [5.41, 5.74) is 3.86. The highest BCUT2D eigenvalue weighted by Crippen LogP contribution is 2.35. The third-order valence-corrected chi connectivity index (χ3v) is 8.85. The highest BCUT2D eigenvalue weighted by atomic mass is 32.2. The predicted molar refractivity (Wildman–Crippen MR) is 147 cm³/mol. The van der Waals surface area contributed by atoms with E-state index in [4.69, 9.17) is 9.88 Å². The van der Waals surface area contributed by atoms with E-state index in [-0.39, 0.29) is 18.4 Å². The third-order valence-electron chi connectivity index (χ3n) is 7.29. The largest absolute Gasteiger partial charge is 0.497 e. The maximum Gasteiger partial charge on any atom is 0.333 e. The number of aryl methyl sites for hydroxylation is 1. The number of nitrogens with two attached hydrogens (primary N) is 1. The molecule has 0 bridgehead atoms. The molecule has 208 valence electrons. The van der Waals surface area contributed by atoms with Crippen LogP contribution in [0, 0.1) is 12.8 Å². The Morgan fingerprint density at radius 3 is 2.90 bits per heavy atom. The van der Waals surface area contributed by atoms with Crippen LogP contribution in [0.4, 0.5) is 11.5 Å². The summed E-state index contributed by atoms with van der Waals surface area (Å²) in [6.45, 7) is 3.40. The van der Waals surface area contributed by atoms with Crippen molar-refractivity contribution in [1.82, 2.24) is 9.97 Å². The summed E-state index contributed by atoms with van der Waals surface area (Å²) >= 11 is 1.44. The molecule has 2 aliphatic rings. The van der Waals surface area contributed by atoms with Crippen LogP contribution < -0.4 is 20.1 Å². The van der Waals surface area contributed by atoms with Gasteiger partial charge in [-0.1, -0.05) is 6.07 Å². The number of aliphatic hydroxyl groups excluding tert-OH is 1. The monoisotopic (exact) mass is 573 g/mol. The molecule has 0 unspecified atom stereocenters. The fourth-order valence-corrected chi connectivity index (χ4v) is 6.58. The minimum atomic E-state index is -4.09. The molecule has 11 nitrogen and oxygen atoms in total. The van der Waals surface area contributed by atoms with Gasteiger partial charge in [0, 0.05) is 47.9 Å². The van der Waals surface area contributed by atoms with E-state index in [9.17, 15) is 18.3 Å². The molecule has 5 rings (SSSR count). The maximum absolute atomic E-state index is 13.6. The Balaban J connectivity index is 1.29. The first kappa shape index (κ1) is 27.5. The minimum Gasteiger partial charge on any atom is -0.497 e. The van der Waals surface area contributed by atoms with Crippen molar-refractivity contribution in [2.24, 2.45) is 11.1 Å². The summed E-state index contributed by atoms with van der Waals surface area (Å²) in [5, 5.41) is 18.5. The predicted octanol–water partition coefficient (Wildman–Crippen LogP) is 2.42. The molecule has 0 radical (unpaired) electrons. The number of thiophene rings is 1. The van der Waals surface area contributed by atoms with E-state index in [2.05, 4.69) is 36.5 Å². The SMILES string of the molecule is COc1ccc2c(c1)N(Cc1cc(C(=O)c3cncnc3N[C@@H]3C[C@H](COS(N)(=O)=O)[C@@H](O)C3)sc1C)CC2. The molecular weight excluding hydrogens is 542 g/mol. The van der Waals surface area contributed by atoms with E-state index in [0.29, 0.717) is 35.6 Å². The van der Waals surface area contributed by atoms with Gasteiger partial charge >= 0.3 is 10.3 Å². The second-order valence-corrected chi connectivity index (χ2v) is 12.4. The molecule has 1 aliphatic heterocycles. The van der Waals surface area contributed by atoms with Crippen molar-refractivity contribution >= 4 is 38.9 Å². The van der Waals surface area contributed by atoms with Crippen molar-refractivity contribution in [3.8, 4) is 5.75 Å². The molecule has 13 heteroatoms. The topological polar surface area (TPSA) is 157 Å². The smallest absolute Gasteiger partial charge is 0.333 e. The van der Waals surface area contributed by atoms with Crippen molar-refractivity contribution in [2.75, 3.05) is 30.5 Å². The lowest BCUT2D eigenvalue weighted by molar-refractivity contribution is 0.101. The van der Waals surface area contributed by atoms with Crippen LogP contribution in [0.15, 0.2) is 36.8 Å². The molecule has 3 aromatic rings. The van der Waals surface area contributed by atoms with Gasteiger partial charge in [0.25, 0.3) is 0 Å².